The number of hydrogen-bond donors (Lipinski definition) is 0. The third-order valence-electron chi connectivity index (χ3n) is 7.67. The second-order valence-electron chi connectivity index (χ2n) is 9.49. The van der Waals surface area contributed by atoms with Crippen molar-refractivity contribution in [3.05, 3.63) is 150 Å². The van der Waals surface area contributed by atoms with Gasteiger partial charge < -0.3 is 0 Å². The van der Waals surface area contributed by atoms with Crippen molar-refractivity contribution >= 4 is 43.1 Å². The van der Waals surface area contributed by atoms with Crippen molar-refractivity contribution in [3.63, 3.8) is 0 Å². The van der Waals surface area contributed by atoms with E-state index in [1.54, 1.807) is 0 Å². The zero-order valence-electron chi connectivity index (χ0n) is 19.1. The minimum Gasteiger partial charge on any atom is -0.0616 e. The minimum absolute atomic E-state index is 1.28. The van der Waals surface area contributed by atoms with Gasteiger partial charge in [-0.1, -0.05) is 121 Å². The molecule has 0 nitrogen and oxygen atoms in total. The lowest BCUT2D eigenvalue weighted by Gasteiger charge is -2.19. The zero-order chi connectivity index (χ0) is 22.9. The average molecular weight is 442 g/mol. The SMILES string of the molecule is c1ccc2c3c(ccc2c1)[C](c1c2ccccc2cc2ccccc12)c1ccc2ccccc2c1-3. The summed E-state index contributed by atoms with van der Waals surface area (Å²) in [5.74, 6) is 1.35. The molecular formula is C35H21. The van der Waals surface area contributed by atoms with Crippen LogP contribution in [0, 0.1) is 5.92 Å². The molecule has 0 heteroatoms. The van der Waals surface area contributed by atoms with Crippen LogP contribution in [0.3, 0.4) is 0 Å². The van der Waals surface area contributed by atoms with E-state index >= 15 is 0 Å². The van der Waals surface area contributed by atoms with Crippen molar-refractivity contribution in [2.45, 2.75) is 0 Å². The van der Waals surface area contributed by atoms with Crippen LogP contribution in [0.15, 0.2) is 127 Å². The van der Waals surface area contributed by atoms with Crippen LogP contribution in [-0.2, 0) is 0 Å². The Labute approximate surface area is 204 Å². The third-order valence-corrected chi connectivity index (χ3v) is 7.67. The molecule has 161 valence electrons. The van der Waals surface area contributed by atoms with E-state index < -0.39 is 0 Å². The monoisotopic (exact) mass is 441 g/mol. The second kappa shape index (κ2) is 7.04. The summed E-state index contributed by atoms with van der Waals surface area (Å²) in [6.45, 7) is 0. The lowest BCUT2D eigenvalue weighted by molar-refractivity contribution is 1.33. The molecule has 0 aromatic heterocycles. The molecule has 0 heterocycles. The smallest absolute Gasteiger partial charge is 0.0616 e. The Hall–Kier alpha value is -4.42. The second-order valence-corrected chi connectivity index (χ2v) is 9.49. The fourth-order valence-corrected chi connectivity index (χ4v) is 6.20. The van der Waals surface area contributed by atoms with E-state index in [4.69, 9.17) is 0 Å². The highest BCUT2D eigenvalue weighted by Gasteiger charge is 2.35. The molecule has 7 aromatic carbocycles. The molecule has 0 saturated heterocycles. The molecule has 0 saturated carbocycles. The largest absolute Gasteiger partial charge is 0.0654 e. The van der Waals surface area contributed by atoms with Gasteiger partial charge in [-0.25, -0.2) is 0 Å². The van der Waals surface area contributed by atoms with Crippen LogP contribution >= 0.6 is 0 Å². The molecule has 0 atom stereocenters. The molecule has 0 amide bonds. The maximum atomic E-state index is 2.35. The summed E-state index contributed by atoms with van der Waals surface area (Å²) < 4.78 is 0. The zero-order valence-corrected chi connectivity index (χ0v) is 19.1. The average Bonchev–Trinajstić information content (AvgIpc) is 3.26. The first kappa shape index (κ1) is 18.9. The Morgan fingerprint density at radius 1 is 0.286 bits per heavy atom. The Morgan fingerprint density at radius 3 is 1.11 bits per heavy atom. The first-order chi connectivity index (χ1) is 17.4. The van der Waals surface area contributed by atoms with E-state index in [1.807, 2.05) is 0 Å². The van der Waals surface area contributed by atoms with Gasteiger partial charge in [-0.05, 0) is 77.0 Å². The molecule has 0 bridgehead atoms. The first-order valence-electron chi connectivity index (χ1n) is 12.2. The highest BCUT2D eigenvalue weighted by Crippen LogP contribution is 2.54. The fraction of sp³-hybridized carbons (Fsp3) is 0. The molecule has 0 aliphatic heterocycles. The van der Waals surface area contributed by atoms with Gasteiger partial charge >= 0.3 is 0 Å². The predicted molar refractivity (Wildman–Crippen MR) is 149 cm³/mol. The Bertz CT molecular complexity index is 1820. The predicted octanol–water partition coefficient (Wildman–Crippen LogP) is 9.30. The summed E-state index contributed by atoms with van der Waals surface area (Å²) in [4.78, 5) is 0. The van der Waals surface area contributed by atoms with Crippen LogP contribution in [0.2, 0.25) is 0 Å². The van der Waals surface area contributed by atoms with Crippen molar-refractivity contribution < 1.29 is 0 Å². The fourth-order valence-electron chi connectivity index (χ4n) is 6.20. The summed E-state index contributed by atoms with van der Waals surface area (Å²) >= 11 is 0. The van der Waals surface area contributed by atoms with E-state index in [0.29, 0.717) is 0 Å². The van der Waals surface area contributed by atoms with Crippen molar-refractivity contribution in [1.82, 2.24) is 0 Å². The molecule has 1 aliphatic rings. The Kier molecular flexibility index (Phi) is 3.81. The van der Waals surface area contributed by atoms with Gasteiger partial charge in [-0.2, -0.15) is 0 Å². The van der Waals surface area contributed by atoms with Crippen LogP contribution in [0.4, 0.5) is 0 Å². The van der Waals surface area contributed by atoms with Crippen molar-refractivity contribution in [2.75, 3.05) is 0 Å². The summed E-state index contributed by atoms with van der Waals surface area (Å²) in [5.41, 5.74) is 6.72. The van der Waals surface area contributed by atoms with Gasteiger partial charge in [-0.15, -0.1) is 0 Å². The summed E-state index contributed by atoms with van der Waals surface area (Å²) in [5, 5.41) is 10.4. The van der Waals surface area contributed by atoms with Crippen molar-refractivity contribution in [2.24, 2.45) is 0 Å². The molecule has 7 aromatic rings. The van der Waals surface area contributed by atoms with Gasteiger partial charge in [-0.3, -0.25) is 0 Å². The van der Waals surface area contributed by atoms with E-state index in [-0.39, 0.29) is 0 Å². The normalized spacial score (nSPS) is 13.0. The van der Waals surface area contributed by atoms with E-state index in [9.17, 15) is 0 Å². The lowest BCUT2D eigenvalue weighted by Crippen LogP contribution is -2.03. The molecule has 0 unspecified atom stereocenters. The molecule has 0 N–H and O–H groups in total. The van der Waals surface area contributed by atoms with Crippen LogP contribution in [-0.4, -0.2) is 0 Å². The van der Waals surface area contributed by atoms with Crippen LogP contribution in [0.25, 0.3) is 54.2 Å². The van der Waals surface area contributed by atoms with Crippen LogP contribution in [0.1, 0.15) is 16.7 Å². The van der Waals surface area contributed by atoms with Gasteiger partial charge in [0, 0.05) is 0 Å². The van der Waals surface area contributed by atoms with E-state index in [2.05, 4.69) is 127 Å². The molecule has 1 radical (unpaired) electrons. The van der Waals surface area contributed by atoms with Crippen molar-refractivity contribution in [1.29, 1.82) is 0 Å². The van der Waals surface area contributed by atoms with Crippen LogP contribution in [0.5, 0.6) is 0 Å². The molecule has 1 aliphatic carbocycles. The summed E-state index contributed by atoms with van der Waals surface area (Å²) in [6, 6.07) is 46.9. The van der Waals surface area contributed by atoms with E-state index in [0.717, 1.165) is 0 Å². The number of rotatable bonds is 1. The van der Waals surface area contributed by atoms with E-state index in [1.165, 1.54) is 76.8 Å². The number of benzene rings is 7. The maximum absolute atomic E-state index is 2.35. The Balaban J connectivity index is 1.60. The van der Waals surface area contributed by atoms with Gasteiger partial charge in [0.25, 0.3) is 0 Å². The minimum atomic E-state index is 1.28. The molecule has 0 fully saturated rings. The number of fused-ring (bicyclic) bond motifs is 9. The van der Waals surface area contributed by atoms with Gasteiger partial charge in [0.15, 0.2) is 0 Å². The third kappa shape index (κ3) is 2.57. The summed E-state index contributed by atoms with van der Waals surface area (Å²) in [6.07, 6.45) is 0. The maximum Gasteiger partial charge on any atom is 0.0654 e. The number of hydrogen-bond acceptors (Lipinski definition) is 0. The van der Waals surface area contributed by atoms with Crippen molar-refractivity contribution in [3.8, 4) is 11.1 Å². The van der Waals surface area contributed by atoms with Gasteiger partial charge in [0.2, 0.25) is 0 Å². The first-order valence-corrected chi connectivity index (χ1v) is 12.2. The molecular weight excluding hydrogens is 420 g/mol. The highest BCUT2D eigenvalue weighted by molar-refractivity contribution is 6.15. The highest BCUT2D eigenvalue weighted by atomic mass is 14.4. The quantitative estimate of drug-likeness (QED) is 0.223. The van der Waals surface area contributed by atoms with Crippen LogP contribution < -0.4 is 0 Å². The topological polar surface area (TPSA) is 0 Å². The van der Waals surface area contributed by atoms with Gasteiger partial charge in [0.1, 0.15) is 0 Å². The summed E-state index contributed by atoms with van der Waals surface area (Å²) in [7, 11) is 0. The molecule has 8 rings (SSSR count). The molecule has 0 spiro atoms. The van der Waals surface area contributed by atoms with Gasteiger partial charge in [0.05, 0.1) is 5.92 Å². The lowest BCUT2D eigenvalue weighted by atomic mass is 9.82. The standard InChI is InChI=1S/C35H21/c1-5-13-26-22(9-1)17-19-30-33(26)34-27-14-6-2-10-23(27)18-20-31(34)35(30)32-28-15-7-3-11-24(28)21-25-12-4-8-16-29(25)32/h1-21H. The molecule has 35 heavy (non-hydrogen) atoms. The Morgan fingerprint density at radius 2 is 0.657 bits per heavy atom.